The van der Waals surface area contributed by atoms with E-state index in [1.165, 1.54) is 4.90 Å². The standard InChI is InChI=1S/C28H26F6N2O3/c1-18-6-5-7-19(14-18)20-10-11-21(24(15-20)38-22-8-3-2-4-9-22)17-36-13-12-35-16-23(36)25(37)39-26(27(29,30)31)28(32,33)34/h2-11,14-15,23,26,35H,12-13,16-17H2,1H3. The van der Waals surface area contributed by atoms with Gasteiger partial charge in [0.2, 0.25) is 0 Å². The highest BCUT2D eigenvalue weighted by Crippen LogP contribution is 2.37. The number of alkyl halides is 6. The number of ether oxygens (including phenoxy) is 2. The Kier molecular flexibility index (Phi) is 8.51. The van der Waals surface area contributed by atoms with Gasteiger partial charge in [0.15, 0.2) is 0 Å². The second-order valence-corrected chi connectivity index (χ2v) is 9.20. The van der Waals surface area contributed by atoms with Crippen LogP contribution in [-0.2, 0) is 16.1 Å². The molecule has 1 aliphatic rings. The third-order valence-electron chi connectivity index (χ3n) is 6.22. The first kappa shape index (κ1) is 28.4. The summed E-state index contributed by atoms with van der Waals surface area (Å²) in [6, 6.07) is 20.8. The summed E-state index contributed by atoms with van der Waals surface area (Å²) in [4.78, 5) is 14.1. The maximum Gasteiger partial charge on any atom is 0.434 e. The van der Waals surface area contributed by atoms with Gasteiger partial charge in [0.1, 0.15) is 17.5 Å². The number of carbonyl (C=O) groups excluding carboxylic acids is 1. The molecule has 0 spiro atoms. The number of halogens is 6. The summed E-state index contributed by atoms with van der Waals surface area (Å²) in [6.45, 7) is 2.39. The van der Waals surface area contributed by atoms with Crippen molar-refractivity contribution in [1.82, 2.24) is 10.2 Å². The quantitative estimate of drug-likeness (QED) is 0.277. The van der Waals surface area contributed by atoms with Crippen molar-refractivity contribution in [3.8, 4) is 22.6 Å². The van der Waals surface area contributed by atoms with Crippen molar-refractivity contribution < 1.29 is 40.6 Å². The number of piperazine rings is 1. The molecule has 0 saturated carbocycles. The molecule has 1 atom stereocenters. The number of aryl methyl sites for hydroxylation is 1. The number of benzene rings is 3. The van der Waals surface area contributed by atoms with Gasteiger partial charge in [0.05, 0.1) is 0 Å². The Bertz CT molecular complexity index is 1270. The van der Waals surface area contributed by atoms with Gasteiger partial charge in [0, 0.05) is 31.7 Å². The third kappa shape index (κ3) is 7.30. The molecule has 0 aromatic heterocycles. The van der Waals surface area contributed by atoms with Gasteiger partial charge in [-0.25, -0.2) is 0 Å². The lowest BCUT2D eigenvalue weighted by Gasteiger charge is -2.36. The van der Waals surface area contributed by atoms with E-state index in [9.17, 15) is 31.1 Å². The Balaban J connectivity index is 1.62. The van der Waals surface area contributed by atoms with Crippen LogP contribution in [0, 0.1) is 6.92 Å². The predicted octanol–water partition coefficient (Wildman–Crippen LogP) is 6.26. The molecule has 1 aliphatic heterocycles. The van der Waals surface area contributed by atoms with Gasteiger partial charge in [0.25, 0.3) is 6.10 Å². The summed E-state index contributed by atoms with van der Waals surface area (Å²) in [6.07, 6.45) is -15.8. The number of hydrogen-bond acceptors (Lipinski definition) is 5. The third-order valence-corrected chi connectivity index (χ3v) is 6.22. The minimum Gasteiger partial charge on any atom is -0.457 e. The van der Waals surface area contributed by atoms with Gasteiger partial charge in [-0.1, -0.05) is 60.2 Å². The number of nitrogens with zero attached hydrogens (tertiary/aromatic N) is 1. The van der Waals surface area contributed by atoms with Crippen LogP contribution >= 0.6 is 0 Å². The number of esters is 1. The van der Waals surface area contributed by atoms with E-state index in [0.717, 1.165) is 16.7 Å². The van der Waals surface area contributed by atoms with Gasteiger partial charge < -0.3 is 14.8 Å². The molecule has 1 heterocycles. The van der Waals surface area contributed by atoms with Crippen molar-refractivity contribution in [2.24, 2.45) is 0 Å². The van der Waals surface area contributed by atoms with Crippen LogP contribution < -0.4 is 10.1 Å². The molecular formula is C28H26F6N2O3. The Morgan fingerprint density at radius 3 is 2.31 bits per heavy atom. The van der Waals surface area contributed by atoms with Crippen molar-refractivity contribution in [3.05, 3.63) is 83.9 Å². The second kappa shape index (κ2) is 11.7. The lowest BCUT2D eigenvalue weighted by Crippen LogP contribution is -2.57. The fourth-order valence-electron chi connectivity index (χ4n) is 4.30. The van der Waals surface area contributed by atoms with E-state index in [4.69, 9.17) is 4.74 Å². The van der Waals surface area contributed by atoms with E-state index < -0.39 is 30.5 Å². The van der Waals surface area contributed by atoms with Crippen LogP contribution in [0.5, 0.6) is 11.5 Å². The largest absolute Gasteiger partial charge is 0.457 e. The average molecular weight is 553 g/mol. The summed E-state index contributed by atoms with van der Waals surface area (Å²) in [5.74, 6) is -0.632. The zero-order valence-electron chi connectivity index (χ0n) is 20.9. The van der Waals surface area contributed by atoms with Crippen molar-refractivity contribution in [2.45, 2.75) is 38.0 Å². The zero-order valence-corrected chi connectivity index (χ0v) is 20.9. The molecule has 1 saturated heterocycles. The first-order chi connectivity index (χ1) is 18.4. The topological polar surface area (TPSA) is 50.8 Å². The normalized spacial score (nSPS) is 16.8. The molecule has 0 aliphatic carbocycles. The van der Waals surface area contributed by atoms with Crippen LogP contribution in [0.4, 0.5) is 26.3 Å². The van der Waals surface area contributed by atoms with E-state index in [0.29, 0.717) is 23.6 Å². The molecule has 0 radical (unpaired) electrons. The fraction of sp³-hybridized carbons (Fsp3) is 0.321. The molecule has 3 aromatic rings. The van der Waals surface area contributed by atoms with E-state index in [1.54, 1.807) is 30.3 Å². The molecule has 4 rings (SSSR count). The lowest BCUT2D eigenvalue weighted by atomic mass is 10.0. The Morgan fingerprint density at radius 1 is 0.949 bits per heavy atom. The lowest BCUT2D eigenvalue weighted by molar-refractivity contribution is -0.314. The van der Waals surface area contributed by atoms with E-state index in [1.807, 2.05) is 49.4 Å². The number of hydrogen-bond donors (Lipinski definition) is 1. The molecule has 1 fully saturated rings. The highest BCUT2D eigenvalue weighted by atomic mass is 19.4. The minimum atomic E-state index is -5.79. The monoisotopic (exact) mass is 552 g/mol. The molecule has 0 amide bonds. The van der Waals surface area contributed by atoms with Gasteiger partial charge in [-0.3, -0.25) is 9.69 Å². The van der Waals surface area contributed by atoms with Gasteiger partial charge in [-0.15, -0.1) is 0 Å². The van der Waals surface area contributed by atoms with Crippen molar-refractivity contribution in [2.75, 3.05) is 19.6 Å². The number of carbonyl (C=O) groups is 1. The van der Waals surface area contributed by atoms with Crippen LogP contribution in [0.1, 0.15) is 11.1 Å². The van der Waals surface area contributed by atoms with E-state index in [-0.39, 0.29) is 19.6 Å². The van der Waals surface area contributed by atoms with Crippen LogP contribution in [0.3, 0.4) is 0 Å². The number of nitrogens with one attached hydrogen (secondary N) is 1. The Morgan fingerprint density at radius 2 is 1.64 bits per heavy atom. The number of rotatable bonds is 7. The highest BCUT2D eigenvalue weighted by Gasteiger charge is 2.60. The summed E-state index contributed by atoms with van der Waals surface area (Å²) >= 11 is 0. The fourth-order valence-corrected chi connectivity index (χ4v) is 4.30. The Labute approximate surface area is 221 Å². The van der Waals surface area contributed by atoms with Crippen molar-refractivity contribution >= 4 is 5.97 Å². The van der Waals surface area contributed by atoms with Crippen molar-refractivity contribution in [3.63, 3.8) is 0 Å². The number of para-hydroxylation sites is 1. The zero-order chi connectivity index (χ0) is 28.2. The van der Waals surface area contributed by atoms with Crippen LogP contribution in [-0.4, -0.2) is 55.0 Å². The van der Waals surface area contributed by atoms with Crippen LogP contribution in [0.2, 0.25) is 0 Å². The van der Waals surface area contributed by atoms with E-state index >= 15 is 0 Å². The molecule has 0 bridgehead atoms. The molecule has 208 valence electrons. The molecule has 1 unspecified atom stereocenters. The van der Waals surface area contributed by atoms with Crippen LogP contribution in [0.25, 0.3) is 11.1 Å². The minimum absolute atomic E-state index is 0.0282. The molecule has 3 aromatic carbocycles. The summed E-state index contributed by atoms with van der Waals surface area (Å²) in [5.41, 5.74) is 3.44. The smallest absolute Gasteiger partial charge is 0.434 e. The predicted molar refractivity (Wildman–Crippen MR) is 132 cm³/mol. The summed E-state index contributed by atoms with van der Waals surface area (Å²) in [7, 11) is 0. The van der Waals surface area contributed by atoms with Crippen LogP contribution in [0.15, 0.2) is 72.8 Å². The molecule has 39 heavy (non-hydrogen) atoms. The van der Waals surface area contributed by atoms with Gasteiger partial charge in [-0.05, 0) is 36.2 Å². The first-order valence-corrected chi connectivity index (χ1v) is 12.1. The molecule has 11 heteroatoms. The molecular weight excluding hydrogens is 526 g/mol. The SMILES string of the molecule is Cc1cccc(-c2ccc(CN3CCNCC3C(=O)OC(C(F)(F)F)C(F)(F)F)c(Oc3ccccc3)c2)c1. The maximum absolute atomic E-state index is 13.0. The second-order valence-electron chi connectivity index (χ2n) is 9.20. The van der Waals surface area contributed by atoms with Gasteiger partial charge in [-0.2, -0.15) is 26.3 Å². The average Bonchev–Trinajstić information content (AvgIpc) is 2.88. The maximum atomic E-state index is 13.0. The molecule has 5 nitrogen and oxygen atoms in total. The summed E-state index contributed by atoms with van der Waals surface area (Å²) < 4.78 is 88.2. The Hall–Kier alpha value is -3.57. The van der Waals surface area contributed by atoms with E-state index in [2.05, 4.69) is 10.1 Å². The summed E-state index contributed by atoms with van der Waals surface area (Å²) in [5, 5.41) is 2.84. The highest BCUT2D eigenvalue weighted by molar-refractivity contribution is 5.76. The molecule has 1 N–H and O–H groups in total. The van der Waals surface area contributed by atoms with Gasteiger partial charge >= 0.3 is 18.3 Å². The first-order valence-electron chi connectivity index (χ1n) is 12.1. The van der Waals surface area contributed by atoms with Crippen molar-refractivity contribution in [1.29, 1.82) is 0 Å².